The van der Waals surface area contributed by atoms with E-state index >= 15 is 0 Å². The summed E-state index contributed by atoms with van der Waals surface area (Å²) in [6.07, 6.45) is 5.16. The van der Waals surface area contributed by atoms with Crippen molar-refractivity contribution in [3.05, 3.63) is 94.7 Å². The minimum absolute atomic E-state index is 0.00290. The van der Waals surface area contributed by atoms with Crippen LogP contribution in [0.15, 0.2) is 66.9 Å². The summed E-state index contributed by atoms with van der Waals surface area (Å²) in [6.45, 7) is 2.22. The number of amides is 1. The van der Waals surface area contributed by atoms with Crippen LogP contribution in [0.3, 0.4) is 0 Å². The van der Waals surface area contributed by atoms with E-state index in [1.165, 1.54) is 12.8 Å². The van der Waals surface area contributed by atoms with Gasteiger partial charge in [0.25, 0.3) is 5.91 Å². The Balaban J connectivity index is 1.31. The van der Waals surface area contributed by atoms with Crippen LogP contribution in [0, 0.1) is 28.6 Å². The summed E-state index contributed by atoms with van der Waals surface area (Å²) >= 11 is 0. The van der Waals surface area contributed by atoms with Crippen molar-refractivity contribution in [3.63, 3.8) is 0 Å². The lowest BCUT2D eigenvalue weighted by Crippen LogP contribution is -2.38. The molecule has 7 heteroatoms. The minimum Gasteiger partial charge on any atom is -0.477 e. The normalized spacial score (nSPS) is 18.1. The van der Waals surface area contributed by atoms with Crippen LogP contribution in [0.1, 0.15) is 57.9 Å². The first-order chi connectivity index (χ1) is 17.6. The molecule has 1 saturated heterocycles. The van der Waals surface area contributed by atoms with Crippen molar-refractivity contribution >= 4 is 5.91 Å². The lowest BCUT2D eigenvalue weighted by molar-refractivity contribution is 0.0937. The van der Waals surface area contributed by atoms with E-state index in [4.69, 9.17) is 10.00 Å². The molecule has 1 saturated carbocycles. The molecule has 180 valence electrons. The van der Waals surface area contributed by atoms with Crippen molar-refractivity contribution in [2.24, 2.45) is 5.92 Å². The Morgan fingerprint density at radius 1 is 0.972 bits per heavy atom. The van der Waals surface area contributed by atoms with Crippen LogP contribution in [0.25, 0.3) is 0 Å². The molecule has 2 aromatic carbocycles. The Morgan fingerprint density at radius 3 is 2.25 bits per heavy atom. The molecule has 2 fully saturated rings. The van der Waals surface area contributed by atoms with Crippen molar-refractivity contribution in [3.8, 4) is 18.0 Å². The topological polar surface area (TPSA) is 102 Å². The molecule has 2 atom stereocenters. The smallest absolute Gasteiger partial charge is 0.251 e. The third-order valence-electron chi connectivity index (χ3n) is 6.79. The van der Waals surface area contributed by atoms with Gasteiger partial charge in [0.05, 0.1) is 35.9 Å². The summed E-state index contributed by atoms with van der Waals surface area (Å²) in [5, 5.41) is 21.3. The molecule has 1 amide bonds. The lowest BCUT2D eigenvalue weighted by Gasteiger charge is -2.29. The lowest BCUT2D eigenvalue weighted by atomic mass is 9.97. The average Bonchev–Trinajstić information content (AvgIpc) is 3.66. The first-order valence-corrected chi connectivity index (χ1v) is 12.3. The van der Waals surface area contributed by atoms with E-state index in [-0.39, 0.29) is 18.0 Å². The van der Waals surface area contributed by atoms with Crippen LogP contribution < -0.4 is 10.1 Å². The molecule has 1 aliphatic heterocycles. The molecule has 7 nitrogen and oxygen atoms in total. The molecule has 2 aliphatic rings. The van der Waals surface area contributed by atoms with Crippen molar-refractivity contribution < 1.29 is 9.53 Å². The minimum atomic E-state index is -0.139. The quantitative estimate of drug-likeness (QED) is 0.522. The van der Waals surface area contributed by atoms with Gasteiger partial charge in [-0.15, -0.1) is 0 Å². The molecule has 1 unspecified atom stereocenters. The van der Waals surface area contributed by atoms with Gasteiger partial charge in [0.2, 0.25) is 5.88 Å². The second kappa shape index (κ2) is 10.6. The average molecular weight is 478 g/mol. The van der Waals surface area contributed by atoms with Crippen LogP contribution in [0.4, 0.5) is 0 Å². The van der Waals surface area contributed by atoms with Crippen molar-refractivity contribution in [1.82, 2.24) is 15.2 Å². The van der Waals surface area contributed by atoms with E-state index in [1.54, 1.807) is 24.3 Å². The van der Waals surface area contributed by atoms with Gasteiger partial charge in [0.1, 0.15) is 0 Å². The third-order valence-corrected chi connectivity index (χ3v) is 6.79. The molecular formula is C29H27N5O2. The highest BCUT2D eigenvalue weighted by Crippen LogP contribution is 2.33. The number of aromatic nitrogens is 1. The van der Waals surface area contributed by atoms with Crippen LogP contribution in [-0.4, -0.2) is 41.5 Å². The Bertz CT molecular complexity index is 1290. The summed E-state index contributed by atoms with van der Waals surface area (Å²) in [7, 11) is 0. The zero-order chi connectivity index (χ0) is 24.9. The number of likely N-dealkylation sites (tertiary alicyclic amines) is 1. The zero-order valence-corrected chi connectivity index (χ0v) is 19.9. The van der Waals surface area contributed by atoms with Gasteiger partial charge in [-0.25, -0.2) is 4.98 Å². The molecule has 3 aromatic rings. The van der Waals surface area contributed by atoms with Crippen LogP contribution in [-0.2, 0) is 0 Å². The number of carbonyl (C=O) groups is 1. The van der Waals surface area contributed by atoms with Crippen LogP contribution in [0.2, 0.25) is 0 Å². The van der Waals surface area contributed by atoms with E-state index in [1.807, 2.05) is 36.5 Å². The molecule has 36 heavy (non-hydrogen) atoms. The maximum atomic E-state index is 12.8. The van der Waals surface area contributed by atoms with Gasteiger partial charge in [-0.05, 0) is 72.7 Å². The van der Waals surface area contributed by atoms with Gasteiger partial charge in [-0.2, -0.15) is 10.5 Å². The van der Waals surface area contributed by atoms with E-state index in [0.717, 1.165) is 30.7 Å². The fraction of sp³-hybridized carbons (Fsp3) is 0.310. The van der Waals surface area contributed by atoms with Crippen molar-refractivity contribution in [1.29, 1.82) is 10.5 Å². The maximum Gasteiger partial charge on any atom is 0.251 e. The second-order valence-electron chi connectivity index (χ2n) is 9.46. The maximum absolute atomic E-state index is 12.8. The number of nitriles is 2. The van der Waals surface area contributed by atoms with Crippen LogP contribution in [0.5, 0.6) is 5.88 Å². The van der Waals surface area contributed by atoms with E-state index in [2.05, 4.69) is 33.4 Å². The summed E-state index contributed by atoms with van der Waals surface area (Å²) < 4.78 is 5.82. The fourth-order valence-electron chi connectivity index (χ4n) is 4.59. The number of nitrogens with zero attached hydrogens (tertiary/aromatic N) is 4. The Labute approximate surface area is 211 Å². The van der Waals surface area contributed by atoms with Gasteiger partial charge in [-0.3, -0.25) is 9.69 Å². The molecule has 0 spiro atoms. The monoisotopic (exact) mass is 477 g/mol. The molecular weight excluding hydrogens is 450 g/mol. The first kappa shape index (κ1) is 23.5. The third kappa shape index (κ3) is 5.54. The first-order valence-electron chi connectivity index (χ1n) is 12.3. The Morgan fingerprint density at radius 2 is 1.64 bits per heavy atom. The van der Waals surface area contributed by atoms with E-state index in [9.17, 15) is 10.1 Å². The molecule has 1 aliphatic carbocycles. The number of rotatable bonds is 8. The van der Waals surface area contributed by atoms with Gasteiger partial charge in [-0.1, -0.05) is 18.2 Å². The van der Waals surface area contributed by atoms with Crippen LogP contribution >= 0.6 is 0 Å². The largest absolute Gasteiger partial charge is 0.477 e. The highest BCUT2D eigenvalue weighted by atomic mass is 16.5. The SMILES string of the molecule is N#Cc1ccc(C(=O)NC2CCN([C@H](c3ccc(C#N)cc3)c3ccc(OCC4CC4)nc3)C2)cc1. The fourth-order valence-corrected chi connectivity index (χ4v) is 4.59. The summed E-state index contributed by atoms with van der Waals surface area (Å²) in [4.78, 5) is 19.7. The predicted molar refractivity (Wildman–Crippen MR) is 134 cm³/mol. The molecule has 5 rings (SSSR count). The summed E-state index contributed by atoms with van der Waals surface area (Å²) in [5.74, 6) is 1.16. The number of hydrogen-bond acceptors (Lipinski definition) is 6. The molecule has 0 radical (unpaired) electrons. The number of benzene rings is 2. The molecule has 1 N–H and O–H groups in total. The van der Waals surface area contributed by atoms with Crippen molar-refractivity contribution in [2.45, 2.75) is 31.3 Å². The van der Waals surface area contributed by atoms with E-state index < -0.39 is 0 Å². The predicted octanol–water partition coefficient (Wildman–Crippen LogP) is 4.21. The Hall–Kier alpha value is -4.20. The highest BCUT2D eigenvalue weighted by molar-refractivity contribution is 5.94. The number of nitrogens with one attached hydrogen (secondary N) is 1. The Kier molecular flexibility index (Phi) is 6.93. The van der Waals surface area contributed by atoms with Gasteiger partial charge < -0.3 is 10.1 Å². The number of pyridine rings is 1. The molecule has 2 heterocycles. The number of carbonyl (C=O) groups excluding carboxylic acids is 1. The van der Waals surface area contributed by atoms with E-state index in [0.29, 0.717) is 35.0 Å². The summed E-state index contributed by atoms with van der Waals surface area (Å²) in [6, 6.07) is 22.5. The molecule has 1 aromatic heterocycles. The summed E-state index contributed by atoms with van der Waals surface area (Å²) in [5.41, 5.74) is 3.80. The number of hydrogen-bond donors (Lipinski definition) is 1. The van der Waals surface area contributed by atoms with Gasteiger partial charge in [0.15, 0.2) is 0 Å². The zero-order valence-electron chi connectivity index (χ0n) is 19.9. The standard InChI is InChI=1S/C29H27N5O2/c30-15-20-3-7-23(8-4-20)28(25-11-12-27(32-17-25)36-19-22-1-2-22)34-14-13-26(18-34)33-29(35)24-9-5-21(16-31)6-10-24/h3-12,17,22,26,28H,1-2,13-14,18-19H2,(H,33,35)/t26?,28-/m1/s1. The molecule has 0 bridgehead atoms. The second-order valence-corrected chi connectivity index (χ2v) is 9.46. The highest BCUT2D eigenvalue weighted by Gasteiger charge is 2.31. The number of ether oxygens (including phenoxy) is 1. The van der Waals surface area contributed by atoms with Crippen molar-refractivity contribution in [2.75, 3.05) is 19.7 Å². The van der Waals surface area contributed by atoms with Gasteiger partial charge >= 0.3 is 0 Å². The van der Waals surface area contributed by atoms with Gasteiger partial charge in [0, 0.05) is 37.0 Å².